The first-order valence-corrected chi connectivity index (χ1v) is 7.36. The van der Waals surface area contributed by atoms with Crippen LogP contribution in [-0.4, -0.2) is 86.1 Å². The van der Waals surface area contributed by atoms with Crippen molar-refractivity contribution >= 4 is 23.5 Å². The summed E-state index contributed by atoms with van der Waals surface area (Å²) in [7, 11) is 0. The minimum absolute atomic E-state index is 0.306. The normalized spacial score (nSPS) is 17.0. The van der Waals surface area contributed by atoms with E-state index in [4.69, 9.17) is 20.7 Å². The van der Waals surface area contributed by atoms with E-state index < -0.39 is 73.4 Å². The molecule has 0 aromatic heterocycles. The van der Waals surface area contributed by atoms with Crippen LogP contribution in [0, 0.1) is 0 Å². The van der Waals surface area contributed by atoms with Crippen molar-refractivity contribution in [2.24, 2.45) is 5.73 Å². The lowest BCUT2D eigenvalue weighted by molar-refractivity contribution is -0.173. The topological polar surface area (TPSA) is 205 Å². The van der Waals surface area contributed by atoms with E-state index >= 15 is 0 Å². The third kappa shape index (κ3) is 8.14. The van der Waals surface area contributed by atoms with Gasteiger partial charge in [0.05, 0.1) is 13.0 Å². The second-order valence-corrected chi connectivity index (χ2v) is 5.47. The minimum atomic E-state index is -2.11. The molecule has 0 aromatic carbocycles. The molecule has 7 N–H and O–H groups in total. The van der Waals surface area contributed by atoms with E-state index in [1.165, 1.54) is 0 Å². The first kappa shape index (κ1) is 23.1. The van der Waals surface area contributed by atoms with E-state index in [2.05, 4.69) is 0 Å². The quantitative estimate of drug-likeness (QED) is 0.149. The average molecular weight is 365 g/mol. The fraction of sp³-hybridized carbons (Fsp3) is 0.714. The van der Waals surface area contributed by atoms with Gasteiger partial charge in [0.15, 0.2) is 11.9 Å². The number of rotatable bonds is 12. The standard InChI is InChI=1S/C14H23NO10/c1-6(17)4-8(18)13(12(22)11(21)9(19)5-16)25-10(20)3-2-7(15)14(23)24/h7,9,11-13,16,19,21-22H,2-5,15H2,1H3,(H,23,24)/t7-,9+,11+,12-,13-/m0/s1. The van der Waals surface area contributed by atoms with Crippen LogP contribution in [0.3, 0.4) is 0 Å². The lowest BCUT2D eigenvalue weighted by atomic mass is 9.98. The number of nitrogens with two attached hydrogens (primary N) is 1. The first-order chi connectivity index (χ1) is 11.5. The summed E-state index contributed by atoms with van der Waals surface area (Å²) < 4.78 is 4.73. The van der Waals surface area contributed by atoms with Gasteiger partial charge >= 0.3 is 11.9 Å². The van der Waals surface area contributed by atoms with Crippen molar-refractivity contribution in [1.82, 2.24) is 0 Å². The van der Waals surface area contributed by atoms with Crippen molar-refractivity contribution < 1.29 is 49.4 Å². The number of carbonyl (C=O) groups is 4. The zero-order valence-electron chi connectivity index (χ0n) is 13.6. The molecule has 0 amide bonds. The van der Waals surface area contributed by atoms with Gasteiger partial charge in [-0.1, -0.05) is 0 Å². The average Bonchev–Trinajstić information content (AvgIpc) is 2.54. The molecule has 0 rings (SSSR count). The fourth-order valence-electron chi connectivity index (χ4n) is 1.78. The monoisotopic (exact) mass is 365 g/mol. The van der Waals surface area contributed by atoms with Crippen molar-refractivity contribution in [3.8, 4) is 0 Å². The Morgan fingerprint density at radius 2 is 1.64 bits per heavy atom. The molecule has 25 heavy (non-hydrogen) atoms. The molecule has 0 unspecified atom stereocenters. The summed E-state index contributed by atoms with van der Waals surface area (Å²) in [5.74, 6) is -4.06. The summed E-state index contributed by atoms with van der Waals surface area (Å²) in [4.78, 5) is 45.3. The number of ether oxygens (including phenoxy) is 1. The maximum Gasteiger partial charge on any atom is 0.320 e. The summed E-state index contributed by atoms with van der Waals surface area (Å²) >= 11 is 0. The molecule has 0 saturated carbocycles. The van der Waals surface area contributed by atoms with Crippen molar-refractivity contribution in [2.45, 2.75) is 56.6 Å². The van der Waals surface area contributed by atoms with Gasteiger partial charge in [-0.3, -0.25) is 19.2 Å². The van der Waals surface area contributed by atoms with Crippen molar-refractivity contribution in [3.05, 3.63) is 0 Å². The van der Waals surface area contributed by atoms with Crippen LogP contribution in [0.4, 0.5) is 0 Å². The fourth-order valence-corrected chi connectivity index (χ4v) is 1.78. The number of carbonyl (C=O) groups excluding carboxylic acids is 3. The van der Waals surface area contributed by atoms with Crippen LogP contribution in [0.15, 0.2) is 0 Å². The molecule has 0 aromatic rings. The largest absolute Gasteiger partial charge is 0.480 e. The number of carboxylic acids is 1. The number of esters is 1. The molecule has 0 aliphatic rings. The number of aliphatic hydroxyl groups excluding tert-OH is 4. The van der Waals surface area contributed by atoms with Gasteiger partial charge in [-0.15, -0.1) is 0 Å². The highest BCUT2D eigenvalue weighted by molar-refractivity contribution is 6.01. The van der Waals surface area contributed by atoms with Gasteiger partial charge in [-0.2, -0.15) is 0 Å². The van der Waals surface area contributed by atoms with Crippen molar-refractivity contribution in [1.29, 1.82) is 0 Å². The van der Waals surface area contributed by atoms with E-state index in [9.17, 15) is 34.5 Å². The van der Waals surface area contributed by atoms with Crippen LogP contribution in [0.25, 0.3) is 0 Å². The predicted octanol–water partition coefficient (Wildman–Crippen LogP) is -3.29. The Balaban J connectivity index is 5.06. The van der Waals surface area contributed by atoms with Crippen molar-refractivity contribution in [2.75, 3.05) is 6.61 Å². The number of ketones is 2. The Morgan fingerprint density at radius 3 is 2.08 bits per heavy atom. The zero-order valence-corrected chi connectivity index (χ0v) is 13.6. The molecule has 5 atom stereocenters. The maximum atomic E-state index is 12.0. The first-order valence-electron chi connectivity index (χ1n) is 7.36. The molecule has 11 heteroatoms. The lowest BCUT2D eigenvalue weighted by Crippen LogP contribution is -2.50. The number of aliphatic carboxylic acids is 1. The summed E-state index contributed by atoms with van der Waals surface area (Å²) in [5.41, 5.74) is 5.22. The third-order valence-corrected chi connectivity index (χ3v) is 3.22. The third-order valence-electron chi connectivity index (χ3n) is 3.22. The SMILES string of the molecule is CC(=O)CC(=O)[C@H](OC(=O)CC[C@H](N)C(=O)O)[C@@H](O)[C@H](O)[C@H](O)CO. The molecular formula is C14H23NO10. The summed E-state index contributed by atoms with van der Waals surface area (Å²) in [6.45, 7) is 0.140. The van der Waals surface area contributed by atoms with E-state index in [0.717, 1.165) is 6.92 Å². The molecule has 0 heterocycles. The number of Topliss-reactive ketones (excluding diaryl/α,β-unsaturated/α-hetero) is 2. The van der Waals surface area contributed by atoms with Crippen LogP contribution in [-0.2, 0) is 23.9 Å². The molecule has 0 radical (unpaired) electrons. The molecule has 0 bridgehead atoms. The predicted molar refractivity (Wildman–Crippen MR) is 80.1 cm³/mol. The summed E-state index contributed by atoms with van der Waals surface area (Å²) in [6.07, 6.45) is -9.44. The highest BCUT2D eigenvalue weighted by atomic mass is 16.6. The second kappa shape index (κ2) is 10.8. The van der Waals surface area contributed by atoms with Crippen LogP contribution in [0.5, 0.6) is 0 Å². The van der Waals surface area contributed by atoms with E-state index in [1.54, 1.807) is 0 Å². The number of hydrogen-bond donors (Lipinski definition) is 6. The summed E-state index contributed by atoms with van der Waals surface area (Å²) in [5, 5.41) is 46.3. The highest BCUT2D eigenvalue weighted by Gasteiger charge is 2.38. The number of carboxylic acid groups (broad SMARTS) is 1. The Labute approximate surface area is 143 Å². The van der Waals surface area contributed by atoms with E-state index in [0.29, 0.717) is 0 Å². The molecule has 144 valence electrons. The zero-order chi connectivity index (χ0) is 19.7. The number of aliphatic hydroxyl groups is 4. The Hall–Kier alpha value is -1.92. The van der Waals surface area contributed by atoms with Gasteiger partial charge in [0.2, 0.25) is 0 Å². The van der Waals surface area contributed by atoms with Crippen LogP contribution < -0.4 is 5.73 Å². The molecule has 0 aliphatic heterocycles. The molecular weight excluding hydrogens is 342 g/mol. The number of hydrogen-bond acceptors (Lipinski definition) is 10. The van der Waals surface area contributed by atoms with Gasteiger partial charge in [-0.05, 0) is 13.3 Å². The Bertz CT molecular complexity index is 494. The molecule has 0 fully saturated rings. The van der Waals surface area contributed by atoms with Crippen LogP contribution in [0.2, 0.25) is 0 Å². The van der Waals surface area contributed by atoms with Gasteiger partial charge < -0.3 is 36.0 Å². The van der Waals surface area contributed by atoms with Crippen molar-refractivity contribution in [3.63, 3.8) is 0 Å². The van der Waals surface area contributed by atoms with Gasteiger partial charge in [-0.25, -0.2) is 0 Å². The Kier molecular flexibility index (Phi) is 10.0. The highest BCUT2D eigenvalue weighted by Crippen LogP contribution is 2.13. The minimum Gasteiger partial charge on any atom is -0.480 e. The Morgan fingerprint density at radius 1 is 1.08 bits per heavy atom. The van der Waals surface area contributed by atoms with Gasteiger partial charge in [0.1, 0.15) is 30.1 Å². The van der Waals surface area contributed by atoms with Crippen LogP contribution >= 0.6 is 0 Å². The lowest BCUT2D eigenvalue weighted by Gasteiger charge is -2.27. The molecule has 0 aliphatic carbocycles. The van der Waals surface area contributed by atoms with Gasteiger partial charge in [0.25, 0.3) is 0 Å². The smallest absolute Gasteiger partial charge is 0.320 e. The second-order valence-electron chi connectivity index (χ2n) is 5.47. The van der Waals surface area contributed by atoms with E-state index in [-0.39, 0.29) is 6.42 Å². The van der Waals surface area contributed by atoms with E-state index in [1.807, 2.05) is 0 Å². The van der Waals surface area contributed by atoms with Crippen LogP contribution in [0.1, 0.15) is 26.2 Å². The molecule has 0 saturated heterocycles. The molecule has 0 spiro atoms. The van der Waals surface area contributed by atoms with Gasteiger partial charge in [0, 0.05) is 6.42 Å². The molecule has 11 nitrogen and oxygen atoms in total. The summed E-state index contributed by atoms with van der Waals surface area (Å²) in [6, 6.07) is -1.34. The maximum absolute atomic E-state index is 12.0.